The van der Waals surface area contributed by atoms with E-state index in [0.29, 0.717) is 31.4 Å². The maximum absolute atomic E-state index is 12.4. The quantitative estimate of drug-likeness (QED) is 0.837. The summed E-state index contributed by atoms with van der Waals surface area (Å²) < 4.78 is 16.9. The molecule has 5 heteroatoms. The van der Waals surface area contributed by atoms with Crippen molar-refractivity contribution in [1.29, 1.82) is 0 Å². The lowest BCUT2D eigenvalue weighted by molar-refractivity contribution is -0.127. The molecule has 2 aromatic rings. The first kappa shape index (κ1) is 19.1. The van der Waals surface area contributed by atoms with Crippen molar-refractivity contribution in [2.24, 2.45) is 0 Å². The van der Waals surface area contributed by atoms with Crippen LogP contribution in [-0.4, -0.2) is 25.2 Å². The Balaban J connectivity index is 1.55. The Bertz CT molecular complexity index is 816. The molecule has 0 spiro atoms. The number of benzene rings is 2. The molecule has 0 saturated carbocycles. The van der Waals surface area contributed by atoms with Crippen LogP contribution in [0.25, 0.3) is 0 Å². The van der Waals surface area contributed by atoms with Crippen LogP contribution < -0.4 is 19.5 Å². The van der Waals surface area contributed by atoms with Crippen LogP contribution in [0.1, 0.15) is 43.4 Å². The molecule has 1 aliphatic heterocycles. The van der Waals surface area contributed by atoms with E-state index in [0.717, 1.165) is 17.1 Å². The fourth-order valence-corrected chi connectivity index (χ4v) is 3.16. The lowest BCUT2D eigenvalue weighted by atomic mass is 9.98. The van der Waals surface area contributed by atoms with E-state index in [2.05, 4.69) is 32.2 Å². The minimum atomic E-state index is -0.577. The number of hydrogen-bond acceptors (Lipinski definition) is 4. The van der Waals surface area contributed by atoms with Crippen LogP contribution in [0.5, 0.6) is 17.2 Å². The van der Waals surface area contributed by atoms with E-state index in [4.69, 9.17) is 14.2 Å². The molecule has 1 atom stereocenters. The van der Waals surface area contributed by atoms with Crippen LogP contribution >= 0.6 is 0 Å². The van der Waals surface area contributed by atoms with Crippen molar-refractivity contribution in [3.63, 3.8) is 0 Å². The van der Waals surface area contributed by atoms with Gasteiger partial charge in [0.2, 0.25) is 0 Å². The average Bonchev–Trinajstić information content (AvgIpc) is 2.65. The number of rotatable bonds is 6. The van der Waals surface area contributed by atoms with Crippen molar-refractivity contribution < 1.29 is 19.0 Å². The predicted molar refractivity (Wildman–Crippen MR) is 105 cm³/mol. The minimum Gasteiger partial charge on any atom is -0.486 e. The fourth-order valence-electron chi connectivity index (χ4n) is 3.16. The predicted octanol–water partition coefficient (Wildman–Crippen LogP) is 3.97. The molecule has 0 saturated heterocycles. The average molecular weight is 369 g/mol. The normalized spacial score (nSPS) is 14.0. The molecule has 0 aliphatic carbocycles. The third-order valence-electron chi connectivity index (χ3n) is 4.62. The van der Waals surface area contributed by atoms with Gasteiger partial charge >= 0.3 is 0 Å². The van der Waals surface area contributed by atoms with Gasteiger partial charge in [-0.2, -0.15) is 0 Å². The van der Waals surface area contributed by atoms with Gasteiger partial charge in [0.25, 0.3) is 5.91 Å². The van der Waals surface area contributed by atoms with E-state index in [9.17, 15) is 4.79 Å². The second-order valence-electron chi connectivity index (χ2n) is 7.13. The van der Waals surface area contributed by atoms with Gasteiger partial charge in [-0.3, -0.25) is 4.79 Å². The summed E-state index contributed by atoms with van der Waals surface area (Å²) in [7, 11) is 0. The van der Waals surface area contributed by atoms with Gasteiger partial charge in [0.05, 0.1) is 0 Å². The number of carbonyl (C=O) groups is 1. The van der Waals surface area contributed by atoms with Crippen LogP contribution in [0.4, 0.5) is 0 Å². The number of amides is 1. The van der Waals surface area contributed by atoms with Gasteiger partial charge < -0.3 is 19.5 Å². The summed E-state index contributed by atoms with van der Waals surface area (Å²) in [6.45, 7) is 9.67. The molecule has 27 heavy (non-hydrogen) atoms. The Morgan fingerprint density at radius 1 is 1.07 bits per heavy atom. The highest BCUT2D eigenvalue weighted by Crippen LogP contribution is 2.30. The zero-order valence-corrected chi connectivity index (χ0v) is 16.4. The van der Waals surface area contributed by atoms with Gasteiger partial charge in [-0.1, -0.05) is 26.0 Å². The lowest BCUT2D eigenvalue weighted by Crippen LogP contribution is -2.35. The van der Waals surface area contributed by atoms with Crippen LogP contribution in [0, 0.1) is 6.92 Å². The molecule has 0 bridgehead atoms. The topological polar surface area (TPSA) is 56.8 Å². The molecule has 5 nitrogen and oxygen atoms in total. The molecule has 1 N–H and O–H groups in total. The Morgan fingerprint density at radius 2 is 1.81 bits per heavy atom. The van der Waals surface area contributed by atoms with Gasteiger partial charge in [0.15, 0.2) is 17.6 Å². The molecule has 1 amide bonds. The smallest absolute Gasteiger partial charge is 0.261 e. The fraction of sp³-hybridized carbons (Fsp3) is 0.409. The molecule has 2 aromatic carbocycles. The zero-order valence-electron chi connectivity index (χ0n) is 16.4. The largest absolute Gasteiger partial charge is 0.486 e. The first-order valence-corrected chi connectivity index (χ1v) is 9.37. The Kier molecular flexibility index (Phi) is 5.89. The van der Waals surface area contributed by atoms with Gasteiger partial charge in [-0.25, -0.2) is 0 Å². The second-order valence-corrected chi connectivity index (χ2v) is 7.13. The number of ether oxygens (including phenoxy) is 3. The van der Waals surface area contributed by atoms with Crippen LogP contribution in [0.15, 0.2) is 36.4 Å². The molecule has 1 heterocycles. The third kappa shape index (κ3) is 4.73. The van der Waals surface area contributed by atoms with E-state index in [1.54, 1.807) is 6.92 Å². The molecule has 0 radical (unpaired) electrons. The summed E-state index contributed by atoms with van der Waals surface area (Å²) >= 11 is 0. The highest BCUT2D eigenvalue weighted by molar-refractivity contribution is 5.80. The minimum absolute atomic E-state index is 0.157. The van der Waals surface area contributed by atoms with Gasteiger partial charge in [0, 0.05) is 6.54 Å². The van der Waals surface area contributed by atoms with E-state index < -0.39 is 6.10 Å². The van der Waals surface area contributed by atoms with Crippen molar-refractivity contribution in [3.8, 4) is 17.2 Å². The second kappa shape index (κ2) is 8.33. The molecule has 1 unspecified atom stereocenters. The highest BCUT2D eigenvalue weighted by Gasteiger charge is 2.16. The molecular weight excluding hydrogens is 342 g/mol. The Labute approximate surface area is 160 Å². The van der Waals surface area contributed by atoms with Crippen molar-refractivity contribution in [2.45, 2.75) is 46.3 Å². The highest BCUT2D eigenvalue weighted by atomic mass is 16.6. The maximum Gasteiger partial charge on any atom is 0.261 e. The van der Waals surface area contributed by atoms with E-state index in [1.165, 1.54) is 11.1 Å². The van der Waals surface area contributed by atoms with Crippen molar-refractivity contribution in [3.05, 3.63) is 53.1 Å². The summed E-state index contributed by atoms with van der Waals surface area (Å²) in [4.78, 5) is 12.4. The number of carbonyl (C=O) groups excluding carboxylic acids is 1. The Morgan fingerprint density at radius 3 is 2.52 bits per heavy atom. The monoisotopic (exact) mass is 369 g/mol. The van der Waals surface area contributed by atoms with E-state index in [-0.39, 0.29) is 5.91 Å². The SMILES string of the molecule is Cc1cc(OC(C)C(=O)NCc2ccc3c(c2)OCCO3)ccc1C(C)C. The number of fused-ring (bicyclic) bond motifs is 1. The standard InChI is InChI=1S/C22H27NO4/c1-14(2)19-7-6-18(11-15(19)3)27-16(4)22(24)23-13-17-5-8-20-21(12-17)26-10-9-25-20/h5-8,11-12,14,16H,9-10,13H2,1-4H3,(H,23,24). The van der Waals surface area contributed by atoms with Crippen LogP contribution in [0.2, 0.25) is 0 Å². The lowest BCUT2D eigenvalue weighted by Gasteiger charge is -2.19. The molecule has 1 aliphatic rings. The summed E-state index contributed by atoms with van der Waals surface area (Å²) in [5.41, 5.74) is 3.42. The maximum atomic E-state index is 12.4. The molecule has 0 aromatic heterocycles. The molecule has 0 fully saturated rings. The van der Waals surface area contributed by atoms with Crippen molar-refractivity contribution in [2.75, 3.05) is 13.2 Å². The van der Waals surface area contributed by atoms with Crippen LogP contribution in [-0.2, 0) is 11.3 Å². The summed E-state index contributed by atoms with van der Waals surface area (Å²) in [6.07, 6.45) is -0.577. The number of nitrogens with one attached hydrogen (secondary N) is 1. The first-order valence-electron chi connectivity index (χ1n) is 9.37. The zero-order chi connectivity index (χ0) is 19.4. The third-order valence-corrected chi connectivity index (χ3v) is 4.62. The van der Waals surface area contributed by atoms with Gasteiger partial charge in [0.1, 0.15) is 19.0 Å². The van der Waals surface area contributed by atoms with Crippen LogP contribution in [0.3, 0.4) is 0 Å². The van der Waals surface area contributed by atoms with Gasteiger partial charge in [-0.05, 0) is 60.7 Å². The number of hydrogen-bond donors (Lipinski definition) is 1. The first-order chi connectivity index (χ1) is 12.9. The van der Waals surface area contributed by atoms with Crippen molar-refractivity contribution in [1.82, 2.24) is 5.32 Å². The molecule has 3 rings (SSSR count). The molecular formula is C22H27NO4. The van der Waals surface area contributed by atoms with Gasteiger partial charge in [-0.15, -0.1) is 0 Å². The summed E-state index contributed by atoms with van der Waals surface area (Å²) in [6, 6.07) is 11.7. The summed E-state index contributed by atoms with van der Waals surface area (Å²) in [5, 5.41) is 2.91. The Hall–Kier alpha value is -2.69. The van der Waals surface area contributed by atoms with Crippen molar-refractivity contribution >= 4 is 5.91 Å². The van der Waals surface area contributed by atoms with E-state index in [1.807, 2.05) is 30.3 Å². The summed E-state index contributed by atoms with van der Waals surface area (Å²) in [5.74, 6) is 2.48. The number of aryl methyl sites for hydroxylation is 1. The molecule has 144 valence electrons. The van der Waals surface area contributed by atoms with E-state index >= 15 is 0 Å².